The second-order valence-electron chi connectivity index (χ2n) is 6.10. The molecule has 25 heavy (non-hydrogen) atoms. The molecule has 1 saturated carbocycles. The zero-order chi connectivity index (χ0) is 18.4. The lowest BCUT2D eigenvalue weighted by Crippen LogP contribution is -2.24. The van der Waals surface area contributed by atoms with Gasteiger partial charge in [0.05, 0.1) is 12.2 Å². The lowest BCUT2D eigenvalue weighted by Gasteiger charge is -2.21. The summed E-state index contributed by atoms with van der Waals surface area (Å²) in [7, 11) is 0. The van der Waals surface area contributed by atoms with Gasteiger partial charge in [-0.25, -0.2) is 4.79 Å². The maximum Gasteiger partial charge on any atom is 0.416 e. The molecule has 0 N–H and O–H groups in total. The minimum atomic E-state index is -4.48. The largest absolute Gasteiger partial charge is 0.462 e. The molecule has 0 bridgehead atoms. The highest BCUT2D eigenvalue weighted by atomic mass is 19.4. The van der Waals surface area contributed by atoms with Crippen molar-refractivity contribution < 1.29 is 27.5 Å². The highest BCUT2D eigenvalue weighted by Gasteiger charge is 2.31. The Morgan fingerprint density at radius 2 is 1.88 bits per heavy atom. The van der Waals surface area contributed by atoms with Crippen molar-refractivity contribution in [2.45, 2.75) is 45.2 Å². The first-order chi connectivity index (χ1) is 11.8. The van der Waals surface area contributed by atoms with E-state index in [1.807, 2.05) is 0 Å². The third-order valence-electron chi connectivity index (χ3n) is 4.26. The molecule has 0 radical (unpaired) electrons. The molecule has 6 heteroatoms. The summed E-state index contributed by atoms with van der Waals surface area (Å²) in [6.45, 7) is 1.71. The van der Waals surface area contributed by atoms with Crippen molar-refractivity contribution in [3.05, 3.63) is 41.0 Å². The van der Waals surface area contributed by atoms with Crippen molar-refractivity contribution in [3.63, 3.8) is 0 Å². The predicted molar refractivity (Wildman–Crippen MR) is 87.6 cm³/mol. The third-order valence-corrected chi connectivity index (χ3v) is 4.26. The highest BCUT2D eigenvalue weighted by Crippen LogP contribution is 2.31. The topological polar surface area (TPSA) is 43.4 Å². The first-order valence-corrected chi connectivity index (χ1v) is 8.43. The van der Waals surface area contributed by atoms with Crippen LogP contribution >= 0.6 is 0 Å². The quantitative estimate of drug-likeness (QED) is 0.330. The van der Waals surface area contributed by atoms with Crippen LogP contribution in [-0.2, 0) is 20.5 Å². The molecule has 1 aromatic rings. The SMILES string of the molecule is CCOC(=O)/C(=C\c1cccc(C(F)(F)F)c1)C(=O)C1CCCCC1. The van der Waals surface area contributed by atoms with Crippen molar-refractivity contribution in [1.82, 2.24) is 0 Å². The summed E-state index contributed by atoms with van der Waals surface area (Å²) in [5, 5.41) is 0. The van der Waals surface area contributed by atoms with Gasteiger partial charge < -0.3 is 4.74 Å². The maximum absolute atomic E-state index is 12.9. The van der Waals surface area contributed by atoms with E-state index >= 15 is 0 Å². The van der Waals surface area contributed by atoms with Gasteiger partial charge in [0.15, 0.2) is 5.78 Å². The van der Waals surface area contributed by atoms with Crippen molar-refractivity contribution in [1.29, 1.82) is 0 Å². The van der Waals surface area contributed by atoms with E-state index in [9.17, 15) is 22.8 Å². The number of Topliss-reactive ketones (excluding diaryl/α,β-unsaturated/α-hetero) is 1. The molecule has 0 aromatic heterocycles. The Balaban J connectivity index is 2.36. The second-order valence-corrected chi connectivity index (χ2v) is 6.10. The van der Waals surface area contributed by atoms with Crippen LogP contribution in [-0.4, -0.2) is 18.4 Å². The molecule has 136 valence electrons. The van der Waals surface area contributed by atoms with Crippen LogP contribution in [0.5, 0.6) is 0 Å². The summed E-state index contributed by atoms with van der Waals surface area (Å²) in [5.74, 6) is -1.39. The van der Waals surface area contributed by atoms with Crippen molar-refractivity contribution in [3.8, 4) is 0 Å². The van der Waals surface area contributed by atoms with Crippen LogP contribution < -0.4 is 0 Å². The molecule has 0 aliphatic heterocycles. The summed E-state index contributed by atoms with van der Waals surface area (Å²) in [6, 6.07) is 4.56. The van der Waals surface area contributed by atoms with Crippen LogP contribution in [0, 0.1) is 5.92 Å². The van der Waals surface area contributed by atoms with E-state index in [2.05, 4.69) is 0 Å². The number of hydrogen-bond donors (Lipinski definition) is 0. The lowest BCUT2D eigenvalue weighted by molar-refractivity contribution is -0.140. The van der Waals surface area contributed by atoms with E-state index < -0.39 is 17.7 Å². The van der Waals surface area contributed by atoms with Crippen LogP contribution in [0.3, 0.4) is 0 Å². The zero-order valence-corrected chi connectivity index (χ0v) is 14.1. The maximum atomic E-state index is 12.9. The molecule has 1 aromatic carbocycles. The fourth-order valence-corrected chi connectivity index (χ4v) is 3.00. The normalized spacial score (nSPS) is 16.6. The van der Waals surface area contributed by atoms with E-state index in [4.69, 9.17) is 4.74 Å². The second kappa shape index (κ2) is 8.32. The molecule has 0 atom stereocenters. The molecular weight excluding hydrogens is 333 g/mol. The fraction of sp³-hybridized carbons (Fsp3) is 0.474. The van der Waals surface area contributed by atoms with Gasteiger partial charge in [-0.05, 0) is 43.5 Å². The van der Waals surface area contributed by atoms with Gasteiger partial charge >= 0.3 is 12.1 Å². The Morgan fingerprint density at radius 1 is 1.20 bits per heavy atom. The molecule has 0 heterocycles. The summed E-state index contributed by atoms with van der Waals surface area (Å²) in [5.41, 5.74) is -0.843. The first-order valence-electron chi connectivity index (χ1n) is 8.43. The predicted octanol–water partition coefficient (Wildman–Crippen LogP) is 4.80. The van der Waals surface area contributed by atoms with Gasteiger partial charge in [0.25, 0.3) is 0 Å². The van der Waals surface area contributed by atoms with E-state index in [1.165, 1.54) is 18.2 Å². The number of carbonyl (C=O) groups excluding carboxylic acids is 2. The van der Waals surface area contributed by atoms with Gasteiger partial charge in [0.2, 0.25) is 0 Å². The Kier molecular flexibility index (Phi) is 6.39. The number of carbonyl (C=O) groups is 2. The first kappa shape index (κ1) is 19.2. The van der Waals surface area contributed by atoms with Gasteiger partial charge in [-0.2, -0.15) is 13.2 Å². The van der Waals surface area contributed by atoms with Gasteiger partial charge in [-0.15, -0.1) is 0 Å². The minimum Gasteiger partial charge on any atom is -0.462 e. The standard InChI is InChI=1S/C19H21F3O3/c1-2-25-18(24)16(17(23)14-8-4-3-5-9-14)12-13-7-6-10-15(11-13)19(20,21)22/h6-7,10-12,14H,2-5,8-9H2,1H3/b16-12-. The summed E-state index contributed by atoms with van der Waals surface area (Å²) in [4.78, 5) is 24.9. The average molecular weight is 354 g/mol. The summed E-state index contributed by atoms with van der Waals surface area (Å²) >= 11 is 0. The number of benzene rings is 1. The van der Waals surface area contributed by atoms with Gasteiger partial charge in [-0.3, -0.25) is 4.79 Å². The highest BCUT2D eigenvalue weighted by molar-refractivity contribution is 6.21. The monoisotopic (exact) mass is 354 g/mol. The molecule has 3 nitrogen and oxygen atoms in total. The minimum absolute atomic E-state index is 0.0940. The van der Waals surface area contributed by atoms with E-state index in [0.717, 1.165) is 31.4 Å². The zero-order valence-electron chi connectivity index (χ0n) is 14.1. The number of esters is 1. The molecule has 0 spiro atoms. The Labute approximate surface area is 144 Å². The van der Waals surface area contributed by atoms with Gasteiger partial charge in [0.1, 0.15) is 5.57 Å². The van der Waals surface area contributed by atoms with Crippen molar-refractivity contribution >= 4 is 17.8 Å². The van der Waals surface area contributed by atoms with Crippen molar-refractivity contribution in [2.24, 2.45) is 5.92 Å². The number of ketones is 1. The molecule has 1 fully saturated rings. The Morgan fingerprint density at radius 3 is 2.48 bits per heavy atom. The smallest absolute Gasteiger partial charge is 0.416 e. The van der Waals surface area contributed by atoms with Crippen molar-refractivity contribution in [2.75, 3.05) is 6.61 Å². The Bertz CT molecular complexity index is 656. The van der Waals surface area contributed by atoms with Crippen LogP contribution in [0.2, 0.25) is 0 Å². The Hall–Kier alpha value is -2.11. The fourth-order valence-electron chi connectivity index (χ4n) is 3.00. The number of halogens is 3. The van der Waals surface area contributed by atoms with Gasteiger partial charge in [0, 0.05) is 5.92 Å². The number of ether oxygens (including phenoxy) is 1. The molecule has 1 aliphatic rings. The molecule has 0 amide bonds. The van der Waals surface area contributed by atoms with E-state index in [1.54, 1.807) is 6.92 Å². The summed E-state index contributed by atoms with van der Waals surface area (Å²) in [6.07, 6.45) is 0.990. The van der Waals surface area contributed by atoms with Crippen LogP contribution in [0.1, 0.15) is 50.2 Å². The number of rotatable bonds is 5. The number of alkyl halides is 3. The lowest BCUT2D eigenvalue weighted by atomic mass is 9.83. The van der Waals surface area contributed by atoms with Crippen LogP contribution in [0.15, 0.2) is 29.8 Å². The van der Waals surface area contributed by atoms with Crippen LogP contribution in [0.4, 0.5) is 13.2 Å². The molecule has 1 aliphatic carbocycles. The number of hydrogen-bond acceptors (Lipinski definition) is 3. The third kappa shape index (κ3) is 5.18. The molecule has 0 saturated heterocycles. The summed E-state index contributed by atoms with van der Waals surface area (Å²) < 4.78 is 43.5. The van der Waals surface area contributed by atoms with Crippen LogP contribution in [0.25, 0.3) is 6.08 Å². The molecule has 0 unspecified atom stereocenters. The van der Waals surface area contributed by atoms with Gasteiger partial charge in [-0.1, -0.05) is 31.4 Å². The molecule has 2 rings (SSSR count). The van der Waals surface area contributed by atoms with E-state index in [-0.39, 0.29) is 29.4 Å². The molecular formula is C19H21F3O3. The average Bonchev–Trinajstić information content (AvgIpc) is 2.59. The van der Waals surface area contributed by atoms with E-state index in [0.29, 0.717) is 12.8 Å².